The lowest BCUT2D eigenvalue weighted by molar-refractivity contribution is 0.197. The molecule has 4 heteroatoms. The van der Waals surface area contributed by atoms with Gasteiger partial charge in [0.1, 0.15) is 5.82 Å². The van der Waals surface area contributed by atoms with E-state index in [9.17, 15) is 5.11 Å². The zero-order chi connectivity index (χ0) is 17.8. The number of likely N-dealkylation sites (tertiary alicyclic amines) is 1. The van der Waals surface area contributed by atoms with Crippen molar-refractivity contribution in [2.24, 2.45) is 0 Å². The highest BCUT2D eigenvalue weighted by atomic mass is 16.3. The standard InChI is InChI=1S/C22H25N3O/c26-16-18-10-8-17(9-11-18)14-25-12-4-7-20(15-25)22-23-13-21(24-22)19-5-2-1-3-6-19/h1-3,5-6,8-11,13,20,26H,4,7,12,14-16H2,(H,23,24). The van der Waals surface area contributed by atoms with E-state index in [1.807, 2.05) is 24.4 Å². The van der Waals surface area contributed by atoms with Crippen LogP contribution >= 0.6 is 0 Å². The maximum Gasteiger partial charge on any atom is 0.110 e. The first kappa shape index (κ1) is 17.0. The number of aromatic nitrogens is 2. The maximum absolute atomic E-state index is 9.17. The van der Waals surface area contributed by atoms with Gasteiger partial charge in [-0.3, -0.25) is 4.90 Å². The topological polar surface area (TPSA) is 52.1 Å². The fourth-order valence-corrected chi connectivity index (χ4v) is 3.74. The molecular weight excluding hydrogens is 322 g/mol. The third-order valence-electron chi connectivity index (χ3n) is 5.18. The zero-order valence-corrected chi connectivity index (χ0v) is 14.9. The van der Waals surface area contributed by atoms with Crippen LogP contribution in [0.4, 0.5) is 0 Å². The fourth-order valence-electron chi connectivity index (χ4n) is 3.74. The van der Waals surface area contributed by atoms with E-state index in [-0.39, 0.29) is 6.61 Å². The Kier molecular flexibility index (Phi) is 5.14. The van der Waals surface area contributed by atoms with Crippen LogP contribution in [-0.4, -0.2) is 33.1 Å². The minimum Gasteiger partial charge on any atom is -0.392 e. The van der Waals surface area contributed by atoms with E-state index < -0.39 is 0 Å². The van der Waals surface area contributed by atoms with Crippen molar-refractivity contribution in [3.63, 3.8) is 0 Å². The molecule has 2 aromatic carbocycles. The van der Waals surface area contributed by atoms with E-state index >= 15 is 0 Å². The molecule has 0 bridgehead atoms. The van der Waals surface area contributed by atoms with Gasteiger partial charge in [-0.05, 0) is 36.1 Å². The summed E-state index contributed by atoms with van der Waals surface area (Å²) in [4.78, 5) is 10.7. The number of benzene rings is 2. The number of hydrogen-bond acceptors (Lipinski definition) is 3. The third kappa shape index (κ3) is 3.87. The molecule has 1 aliphatic rings. The van der Waals surface area contributed by atoms with Crippen molar-refractivity contribution < 1.29 is 5.11 Å². The Bertz CT molecular complexity index is 826. The Hall–Kier alpha value is -2.43. The van der Waals surface area contributed by atoms with Crippen LogP contribution in [0.5, 0.6) is 0 Å². The molecule has 4 rings (SSSR count). The van der Waals surface area contributed by atoms with Gasteiger partial charge >= 0.3 is 0 Å². The molecule has 134 valence electrons. The van der Waals surface area contributed by atoms with E-state index in [0.717, 1.165) is 36.7 Å². The van der Waals surface area contributed by atoms with Crippen LogP contribution in [0.15, 0.2) is 60.8 Å². The third-order valence-corrected chi connectivity index (χ3v) is 5.18. The molecule has 2 N–H and O–H groups in total. The number of H-pyrrole nitrogens is 1. The fraction of sp³-hybridized carbons (Fsp3) is 0.318. The van der Waals surface area contributed by atoms with Crippen LogP contribution in [0.2, 0.25) is 0 Å². The minimum atomic E-state index is 0.105. The van der Waals surface area contributed by atoms with Gasteiger partial charge in [-0.15, -0.1) is 0 Å². The molecule has 0 radical (unpaired) electrons. The molecule has 1 fully saturated rings. The van der Waals surface area contributed by atoms with Gasteiger partial charge in [0, 0.05) is 19.0 Å². The first-order chi connectivity index (χ1) is 12.8. The number of hydrogen-bond donors (Lipinski definition) is 2. The van der Waals surface area contributed by atoms with Crippen molar-refractivity contribution >= 4 is 0 Å². The van der Waals surface area contributed by atoms with Crippen molar-refractivity contribution in [3.05, 3.63) is 77.7 Å². The molecule has 0 saturated carbocycles. The SMILES string of the molecule is OCc1ccc(CN2CCCC(c3ncc(-c4ccccc4)[nH]3)C2)cc1. The highest BCUT2D eigenvalue weighted by molar-refractivity contribution is 5.58. The summed E-state index contributed by atoms with van der Waals surface area (Å²) in [6.07, 6.45) is 4.33. The largest absolute Gasteiger partial charge is 0.392 e. The quantitative estimate of drug-likeness (QED) is 0.735. The van der Waals surface area contributed by atoms with Crippen LogP contribution in [0.25, 0.3) is 11.3 Å². The molecule has 0 aliphatic carbocycles. The average molecular weight is 347 g/mol. The summed E-state index contributed by atoms with van der Waals surface area (Å²) < 4.78 is 0. The van der Waals surface area contributed by atoms with Gasteiger partial charge in [0.25, 0.3) is 0 Å². The Morgan fingerprint density at radius 3 is 2.58 bits per heavy atom. The second-order valence-corrected chi connectivity index (χ2v) is 7.10. The Morgan fingerprint density at radius 1 is 1.04 bits per heavy atom. The first-order valence-corrected chi connectivity index (χ1v) is 9.33. The van der Waals surface area contributed by atoms with Gasteiger partial charge in [0.2, 0.25) is 0 Å². The first-order valence-electron chi connectivity index (χ1n) is 9.33. The van der Waals surface area contributed by atoms with Crippen molar-refractivity contribution in [3.8, 4) is 11.3 Å². The van der Waals surface area contributed by atoms with Gasteiger partial charge in [-0.25, -0.2) is 4.98 Å². The number of imidazole rings is 1. The van der Waals surface area contributed by atoms with E-state index in [2.05, 4.69) is 51.3 Å². The number of aliphatic hydroxyl groups is 1. The van der Waals surface area contributed by atoms with E-state index in [1.54, 1.807) is 0 Å². The smallest absolute Gasteiger partial charge is 0.110 e. The van der Waals surface area contributed by atoms with Crippen molar-refractivity contribution in [2.45, 2.75) is 31.9 Å². The monoisotopic (exact) mass is 347 g/mol. The Morgan fingerprint density at radius 2 is 1.81 bits per heavy atom. The van der Waals surface area contributed by atoms with Gasteiger partial charge in [0.15, 0.2) is 0 Å². The summed E-state index contributed by atoms with van der Waals surface area (Å²) in [7, 11) is 0. The zero-order valence-electron chi connectivity index (χ0n) is 14.9. The van der Waals surface area contributed by atoms with Gasteiger partial charge in [0.05, 0.1) is 18.5 Å². The lowest BCUT2D eigenvalue weighted by Gasteiger charge is -2.31. The lowest BCUT2D eigenvalue weighted by atomic mass is 9.97. The molecule has 3 aromatic rings. The predicted octanol–water partition coefficient (Wildman–Crippen LogP) is 3.95. The van der Waals surface area contributed by atoms with Crippen LogP contribution in [-0.2, 0) is 13.2 Å². The summed E-state index contributed by atoms with van der Waals surface area (Å²) in [6, 6.07) is 18.6. The van der Waals surface area contributed by atoms with Gasteiger partial charge < -0.3 is 10.1 Å². The molecular formula is C22H25N3O. The summed E-state index contributed by atoms with van der Waals surface area (Å²) in [5.41, 5.74) is 4.54. The Balaban J connectivity index is 1.42. The molecule has 26 heavy (non-hydrogen) atoms. The van der Waals surface area contributed by atoms with E-state index in [4.69, 9.17) is 0 Å². The number of nitrogens with one attached hydrogen (secondary N) is 1. The van der Waals surface area contributed by atoms with Crippen LogP contribution in [0, 0.1) is 0 Å². The van der Waals surface area contributed by atoms with Gasteiger partial charge in [-0.2, -0.15) is 0 Å². The maximum atomic E-state index is 9.17. The highest BCUT2D eigenvalue weighted by Crippen LogP contribution is 2.28. The van der Waals surface area contributed by atoms with Crippen LogP contribution in [0.1, 0.15) is 35.7 Å². The second-order valence-electron chi connectivity index (χ2n) is 7.10. The molecule has 1 saturated heterocycles. The lowest BCUT2D eigenvalue weighted by Crippen LogP contribution is -2.34. The minimum absolute atomic E-state index is 0.105. The number of piperidine rings is 1. The van der Waals surface area contributed by atoms with Crippen LogP contribution in [0.3, 0.4) is 0 Å². The number of aliphatic hydroxyl groups excluding tert-OH is 1. The van der Waals surface area contributed by atoms with Crippen molar-refractivity contribution in [1.82, 2.24) is 14.9 Å². The molecule has 1 aliphatic heterocycles. The second kappa shape index (κ2) is 7.85. The molecule has 4 nitrogen and oxygen atoms in total. The molecule has 0 spiro atoms. The molecule has 1 unspecified atom stereocenters. The van der Waals surface area contributed by atoms with E-state index in [0.29, 0.717) is 5.92 Å². The molecule has 1 atom stereocenters. The normalized spacial score (nSPS) is 18.1. The van der Waals surface area contributed by atoms with Crippen molar-refractivity contribution in [1.29, 1.82) is 0 Å². The van der Waals surface area contributed by atoms with Crippen molar-refractivity contribution in [2.75, 3.05) is 13.1 Å². The average Bonchev–Trinajstić information content (AvgIpc) is 3.20. The van der Waals surface area contributed by atoms with Gasteiger partial charge in [-0.1, -0.05) is 54.6 Å². The number of aromatic amines is 1. The summed E-state index contributed by atoms with van der Waals surface area (Å²) in [5.74, 6) is 1.56. The summed E-state index contributed by atoms with van der Waals surface area (Å²) in [6.45, 7) is 3.22. The van der Waals surface area contributed by atoms with Crippen LogP contribution < -0.4 is 0 Å². The molecule has 1 aromatic heterocycles. The number of rotatable bonds is 5. The Labute approximate surface area is 154 Å². The molecule has 2 heterocycles. The summed E-state index contributed by atoms with van der Waals surface area (Å²) in [5, 5.41) is 9.17. The number of nitrogens with zero attached hydrogens (tertiary/aromatic N) is 2. The highest BCUT2D eigenvalue weighted by Gasteiger charge is 2.23. The molecule has 0 amide bonds. The predicted molar refractivity (Wildman–Crippen MR) is 104 cm³/mol. The van der Waals surface area contributed by atoms with E-state index in [1.165, 1.54) is 24.0 Å². The summed E-state index contributed by atoms with van der Waals surface area (Å²) >= 11 is 0.